The molecule has 7 nitrogen and oxygen atoms in total. The minimum Gasteiger partial charge on any atom is -0.497 e. The van der Waals surface area contributed by atoms with Gasteiger partial charge in [-0.25, -0.2) is 4.98 Å². The zero-order valence-electron chi connectivity index (χ0n) is 16.9. The molecule has 1 saturated heterocycles. The summed E-state index contributed by atoms with van der Waals surface area (Å²) in [4.78, 5) is 22.9. The lowest BCUT2D eigenvalue weighted by molar-refractivity contribution is -0.121. The number of Topliss-reactive ketones (excluding diaryl/α,β-unsaturated/α-hetero) is 1. The predicted octanol–water partition coefficient (Wildman–Crippen LogP) is 3.90. The van der Waals surface area contributed by atoms with Crippen LogP contribution < -0.4 is 14.4 Å². The molecule has 29 heavy (non-hydrogen) atoms. The number of aromatic amines is 1. The Balaban J connectivity index is 1.80. The van der Waals surface area contributed by atoms with E-state index in [1.165, 1.54) is 0 Å². The summed E-state index contributed by atoms with van der Waals surface area (Å²) in [6, 6.07) is 13.0. The van der Waals surface area contributed by atoms with Crippen LogP contribution in [0.4, 0.5) is 5.69 Å². The van der Waals surface area contributed by atoms with E-state index in [9.17, 15) is 4.79 Å². The molecule has 1 aromatic heterocycles. The number of carbonyl (C=O) groups is 1. The molecule has 0 aliphatic carbocycles. The highest BCUT2D eigenvalue weighted by Crippen LogP contribution is 2.42. The number of carbonyl (C=O) groups excluding carboxylic acids is 1. The van der Waals surface area contributed by atoms with Gasteiger partial charge in [0.25, 0.3) is 0 Å². The number of amidine groups is 1. The Labute approximate surface area is 169 Å². The summed E-state index contributed by atoms with van der Waals surface area (Å²) in [6.45, 7) is 6.06. The summed E-state index contributed by atoms with van der Waals surface area (Å²) < 4.78 is 11.1. The molecule has 0 bridgehead atoms. The Morgan fingerprint density at radius 1 is 1.21 bits per heavy atom. The number of para-hydroxylation sites is 2. The summed E-state index contributed by atoms with van der Waals surface area (Å²) in [5.41, 5.74) is 1.38. The Morgan fingerprint density at radius 3 is 2.62 bits per heavy atom. The average molecular weight is 392 g/mol. The van der Waals surface area contributed by atoms with Crippen molar-refractivity contribution in [3.05, 3.63) is 48.3 Å². The van der Waals surface area contributed by atoms with Crippen LogP contribution in [0.25, 0.3) is 11.0 Å². The van der Waals surface area contributed by atoms with E-state index in [1.807, 2.05) is 57.2 Å². The molecule has 7 heteroatoms. The van der Waals surface area contributed by atoms with Crippen molar-refractivity contribution in [2.75, 3.05) is 18.6 Å². The summed E-state index contributed by atoms with van der Waals surface area (Å²) in [5, 5.41) is 8.86. The van der Waals surface area contributed by atoms with Gasteiger partial charge < -0.3 is 19.4 Å². The maximum atomic E-state index is 13.4. The molecule has 0 saturated carbocycles. The number of ketones is 1. The molecule has 3 aromatic rings. The first-order chi connectivity index (χ1) is 13.9. The van der Waals surface area contributed by atoms with Crippen LogP contribution in [0.2, 0.25) is 0 Å². The fourth-order valence-corrected chi connectivity index (χ4v) is 3.90. The van der Waals surface area contributed by atoms with Crippen LogP contribution in [0.3, 0.4) is 0 Å². The van der Waals surface area contributed by atoms with Crippen LogP contribution >= 0.6 is 0 Å². The van der Waals surface area contributed by atoms with Crippen molar-refractivity contribution in [2.24, 2.45) is 0 Å². The zero-order chi connectivity index (χ0) is 20.8. The van der Waals surface area contributed by atoms with Crippen molar-refractivity contribution in [1.82, 2.24) is 9.97 Å². The maximum absolute atomic E-state index is 13.4. The van der Waals surface area contributed by atoms with Gasteiger partial charge in [0.15, 0.2) is 5.78 Å². The van der Waals surface area contributed by atoms with Gasteiger partial charge in [0.1, 0.15) is 34.6 Å². The fraction of sp³-hybridized carbons (Fsp3) is 0.318. The Morgan fingerprint density at radius 2 is 1.93 bits per heavy atom. The smallest absolute Gasteiger partial charge is 0.176 e. The van der Waals surface area contributed by atoms with Crippen molar-refractivity contribution in [2.45, 2.75) is 32.2 Å². The molecule has 0 radical (unpaired) electrons. The van der Waals surface area contributed by atoms with E-state index >= 15 is 0 Å². The number of methoxy groups -OCH3 is 1. The van der Waals surface area contributed by atoms with Gasteiger partial charge in [-0.05, 0) is 32.9 Å². The molecule has 1 aliphatic heterocycles. The molecule has 2 N–H and O–H groups in total. The van der Waals surface area contributed by atoms with Crippen molar-refractivity contribution < 1.29 is 14.3 Å². The normalized spacial score (nSPS) is 18.5. The second kappa shape index (κ2) is 6.92. The topological polar surface area (TPSA) is 91.3 Å². The van der Waals surface area contributed by atoms with Gasteiger partial charge in [-0.3, -0.25) is 10.2 Å². The minimum absolute atomic E-state index is 0.0812. The summed E-state index contributed by atoms with van der Waals surface area (Å²) in [6.07, 6.45) is 0. The number of nitrogens with zero attached hydrogens (tertiary/aromatic N) is 2. The van der Waals surface area contributed by atoms with Gasteiger partial charge in [-0.2, -0.15) is 0 Å². The second-order valence-electron chi connectivity index (χ2n) is 7.52. The molecule has 2 aromatic carbocycles. The van der Waals surface area contributed by atoms with Crippen molar-refractivity contribution in [3.63, 3.8) is 0 Å². The SMILES string of the molecule is CCOc1cc(OC)cc(N2C(=N)C(c3nc4ccccc4[nH]3)C(=O)C2(C)C)c1. The third-order valence-corrected chi connectivity index (χ3v) is 5.29. The van der Waals surface area contributed by atoms with Gasteiger partial charge in [0, 0.05) is 18.2 Å². The van der Waals surface area contributed by atoms with Gasteiger partial charge in [0.2, 0.25) is 0 Å². The van der Waals surface area contributed by atoms with Gasteiger partial charge >= 0.3 is 0 Å². The molecule has 0 spiro atoms. The molecule has 0 amide bonds. The fourth-order valence-electron chi connectivity index (χ4n) is 3.90. The maximum Gasteiger partial charge on any atom is 0.176 e. The Hall–Kier alpha value is -3.35. The van der Waals surface area contributed by atoms with Crippen molar-refractivity contribution in [1.29, 1.82) is 5.41 Å². The number of ether oxygens (including phenoxy) is 2. The minimum atomic E-state index is -0.920. The molecule has 4 rings (SSSR count). The highest BCUT2D eigenvalue weighted by Gasteiger charge is 2.53. The van der Waals surface area contributed by atoms with Gasteiger partial charge in [0.05, 0.1) is 30.4 Å². The number of hydrogen-bond donors (Lipinski definition) is 2. The summed E-state index contributed by atoms with van der Waals surface area (Å²) in [7, 11) is 1.58. The highest BCUT2D eigenvalue weighted by molar-refractivity contribution is 6.25. The second-order valence-corrected chi connectivity index (χ2v) is 7.52. The molecule has 1 atom stereocenters. The van der Waals surface area contributed by atoms with E-state index in [0.29, 0.717) is 29.6 Å². The number of H-pyrrole nitrogens is 1. The quantitative estimate of drug-likeness (QED) is 0.687. The first-order valence-corrected chi connectivity index (χ1v) is 9.56. The largest absolute Gasteiger partial charge is 0.497 e. The van der Waals surface area contributed by atoms with Crippen LogP contribution in [0.5, 0.6) is 11.5 Å². The lowest BCUT2D eigenvalue weighted by Gasteiger charge is -2.31. The number of nitrogens with one attached hydrogen (secondary N) is 2. The lowest BCUT2D eigenvalue weighted by atomic mass is 9.93. The zero-order valence-corrected chi connectivity index (χ0v) is 16.9. The van der Waals surface area contributed by atoms with Crippen LogP contribution in [0.1, 0.15) is 32.5 Å². The van der Waals surface area contributed by atoms with Crippen molar-refractivity contribution in [3.8, 4) is 11.5 Å². The summed E-state index contributed by atoms with van der Waals surface area (Å²) >= 11 is 0. The Kier molecular flexibility index (Phi) is 4.53. The van der Waals surface area contributed by atoms with Crippen LogP contribution in [-0.2, 0) is 4.79 Å². The number of rotatable bonds is 5. The van der Waals surface area contributed by atoms with E-state index in [4.69, 9.17) is 14.9 Å². The third-order valence-electron chi connectivity index (χ3n) is 5.29. The number of imidazole rings is 1. The standard InChI is InChI=1S/C22H24N4O3/c1-5-29-15-11-13(10-14(12-15)28-4)26-20(23)18(19(27)22(26,2)3)21-24-16-8-6-7-9-17(16)25-21/h6-12,18,23H,5H2,1-4H3,(H,24,25). The van der Waals surface area contributed by atoms with E-state index < -0.39 is 11.5 Å². The number of hydrogen-bond acceptors (Lipinski definition) is 5. The van der Waals surface area contributed by atoms with Crippen molar-refractivity contribution >= 4 is 28.3 Å². The van der Waals surface area contributed by atoms with Crippen LogP contribution in [0.15, 0.2) is 42.5 Å². The van der Waals surface area contributed by atoms with E-state index in [2.05, 4.69) is 9.97 Å². The number of fused-ring (bicyclic) bond motifs is 1. The number of anilines is 1. The molecule has 1 fully saturated rings. The molecule has 2 heterocycles. The first kappa shape index (κ1) is 19.0. The Bertz CT molecular complexity index is 1070. The molecular weight excluding hydrogens is 368 g/mol. The number of aromatic nitrogens is 2. The molecule has 1 aliphatic rings. The highest BCUT2D eigenvalue weighted by atomic mass is 16.5. The lowest BCUT2D eigenvalue weighted by Crippen LogP contribution is -2.44. The van der Waals surface area contributed by atoms with Gasteiger partial charge in [-0.15, -0.1) is 0 Å². The van der Waals surface area contributed by atoms with E-state index in [-0.39, 0.29) is 11.6 Å². The first-order valence-electron chi connectivity index (χ1n) is 9.56. The van der Waals surface area contributed by atoms with E-state index in [0.717, 1.165) is 11.0 Å². The van der Waals surface area contributed by atoms with Crippen LogP contribution in [-0.4, -0.2) is 40.8 Å². The molecular formula is C22H24N4O3. The average Bonchev–Trinajstić information content (AvgIpc) is 3.18. The molecule has 1 unspecified atom stereocenters. The van der Waals surface area contributed by atoms with E-state index in [1.54, 1.807) is 18.1 Å². The monoisotopic (exact) mass is 392 g/mol. The number of benzene rings is 2. The summed E-state index contributed by atoms with van der Waals surface area (Å²) in [5.74, 6) is 1.06. The van der Waals surface area contributed by atoms with Crippen LogP contribution in [0, 0.1) is 5.41 Å². The van der Waals surface area contributed by atoms with Gasteiger partial charge in [-0.1, -0.05) is 12.1 Å². The third kappa shape index (κ3) is 3.03. The molecule has 150 valence electrons. The predicted molar refractivity (Wildman–Crippen MR) is 112 cm³/mol.